The van der Waals surface area contributed by atoms with Gasteiger partial charge in [0.1, 0.15) is 0 Å². The van der Waals surface area contributed by atoms with Crippen LogP contribution in [0.1, 0.15) is 108 Å². The van der Waals surface area contributed by atoms with E-state index in [1.54, 1.807) is 0 Å². The Labute approximate surface area is 309 Å². The van der Waals surface area contributed by atoms with Crippen LogP contribution in [0.5, 0.6) is 0 Å². The molecule has 2 radical (unpaired) electrons. The predicted octanol–water partition coefficient (Wildman–Crippen LogP) is 11.0. The summed E-state index contributed by atoms with van der Waals surface area (Å²) in [5.74, 6) is 0. The first kappa shape index (κ1) is 43.8. The molecule has 0 saturated heterocycles. The second-order valence-electron chi connectivity index (χ2n) is 19.5. The summed E-state index contributed by atoms with van der Waals surface area (Å²) in [6.07, 6.45) is 6.60. The topological polar surface area (TPSA) is 27.7 Å². The van der Waals surface area contributed by atoms with Gasteiger partial charge in [-0.25, -0.2) is 0 Å². The highest BCUT2D eigenvalue weighted by Crippen LogP contribution is 2.38. The molecule has 0 fully saturated rings. The third-order valence-electron chi connectivity index (χ3n) is 9.84. The molecule has 2 unspecified atom stereocenters. The molecule has 0 heterocycles. The lowest BCUT2D eigenvalue weighted by atomic mass is 9.88. The zero-order valence-electron chi connectivity index (χ0n) is 34.7. The lowest BCUT2D eigenvalue weighted by molar-refractivity contribution is 0.243. The second-order valence-corrected chi connectivity index (χ2v) is 33.0. The molecule has 0 aliphatic rings. The zero-order chi connectivity index (χ0) is 37.6. The van der Waals surface area contributed by atoms with Gasteiger partial charge in [-0.15, -0.1) is 0 Å². The fourth-order valence-corrected chi connectivity index (χ4v) is 13.1. The van der Waals surface area contributed by atoms with Gasteiger partial charge in [-0.1, -0.05) is 155 Å². The Morgan fingerprint density at radius 3 is 1.14 bits per heavy atom. The van der Waals surface area contributed by atoms with Gasteiger partial charge < -0.3 is 13.0 Å². The third kappa shape index (κ3) is 14.3. The Kier molecular flexibility index (Phi) is 15.2. The molecule has 0 saturated carbocycles. The lowest BCUT2D eigenvalue weighted by Crippen LogP contribution is -2.46. The van der Waals surface area contributed by atoms with Crippen molar-refractivity contribution in [1.82, 2.24) is 0 Å². The summed E-state index contributed by atoms with van der Waals surface area (Å²) in [7, 11) is -7.07. The van der Waals surface area contributed by atoms with Gasteiger partial charge in [0, 0.05) is 0 Å². The minimum Gasteiger partial charge on any atom is -0.443 e. The Balaban J connectivity index is 2.71. The van der Waals surface area contributed by atoms with Crippen LogP contribution in [0.4, 0.5) is 0 Å². The van der Waals surface area contributed by atoms with Gasteiger partial charge in [0.05, 0.1) is 12.2 Å². The molecule has 0 aliphatic carbocycles. The van der Waals surface area contributed by atoms with Crippen LogP contribution in [0.15, 0.2) is 72.1 Å². The Hall–Kier alpha value is -1.33. The molecule has 2 atom stereocenters. The third-order valence-corrected chi connectivity index (χ3v) is 23.8. The van der Waals surface area contributed by atoms with Gasteiger partial charge in [-0.05, 0) is 95.3 Å². The second kappa shape index (κ2) is 17.0. The SMILES string of the molecule is CC(C=C[Si](O[Si](C=CC(C)O[Si](C)(C)C(C)(C)C)c1ccccc1CC(C)(C)C)c1ccccc1CC(C)(C)C)O[Si](C)(C)C(C)(C)C. The van der Waals surface area contributed by atoms with Crippen molar-refractivity contribution in [1.29, 1.82) is 0 Å². The largest absolute Gasteiger partial charge is 0.443 e. The van der Waals surface area contributed by atoms with Crippen LogP contribution in [0.25, 0.3) is 0 Å². The van der Waals surface area contributed by atoms with Crippen molar-refractivity contribution in [2.75, 3.05) is 0 Å². The Morgan fingerprint density at radius 1 is 0.551 bits per heavy atom. The van der Waals surface area contributed by atoms with E-state index in [0.717, 1.165) is 12.8 Å². The normalized spacial score (nSPS) is 15.6. The molecule has 3 nitrogen and oxygen atoms in total. The van der Waals surface area contributed by atoms with Crippen LogP contribution in [0, 0.1) is 10.8 Å². The highest BCUT2D eigenvalue weighted by atomic mass is 28.4. The van der Waals surface area contributed by atoms with Gasteiger partial charge in [0.25, 0.3) is 18.1 Å². The van der Waals surface area contributed by atoms with Crippen molar-refractivity contribution in [3.8, 4) is 0 Å². The monoisotopic (exact) mass is 736 g/mol. The molecule has 2 rings (SSSR count). The van der Waals surface area contributed by atoms with Crippen molar-refractivity contribution in [3.63, 3.8) is 0 Å². The van der Waals surface area contributed by atoms with Crippen LogP contribution in [-0.4, -0.2) is 46.9 Å². The first-order chi connectivity index (χ1) is 22.1. The molecular formula is C42H72O3Si4. The predicted molar refractivity (Wildman–Crippen MR) is 225 cm³/mol. The molecule has 7 heteroatoms. The van der Waals surface area contributed by atoms with Gasteiger partial charge in [-0.3, -0.25) is 0 Å². The summed E-state index contributed by atoms with van der Waals surface area (Å²) in [6, 6.07) is 18.0. The van der Waals surface area contributed by atoms with Crippen LogP contribution in [0.3, 0.4) is 0 Å². The molecule has 0 N–H and O–H groups in total. The van der Waals surface area contributed by atoms with E-state index >= 15 is 0 Å². The van der Waals surface area contributed by atoms with E-state index in [-0.39, 0.29) is 33.1 Å². The van der Waals surface area contributed by atoms with Crippen LogP contribution >= 0.6 is 0 Å². The quantitative estimate of drug-likeness (QED) is 0.181. The maximum absolute atomic E-state index is 7.57. The van der Waals surface area contributed by atoms with Crippen molar-refractivity contribution < 1.29 is 13.0 Å². The number of rotatable bonds is 14. The molecule has 274 valence electrons. The summed E-state index contributed by atoms with van der Waals surface area (Å²) >= 11 is 0. The van der Waals surface area contributed by atoms with E-state index in [1.165, 1.54) is 21.5 Å². The van der Waals surface area contributed by atoms with E-state index in [4.69, 9.17) is 13.0 Å². The van der Waals surface area contributed by atoms with Gasteiger partial charge in [0.2, 0.25) is 0 Å². The van der Waals surface area contributed by atoms with E-state index in [9.17, 15) is 0 Å². The van der Waals surface area contributed by atoms with Crippen molar-refractivity contribution >= 4 is 45.1 Å². The minimum atomic E-state index is -1.93. The molecule has 0 bridgehead atoms. The van der Waals surface area contributed by atoms with Crippen molar-refractivity contribution in [3.05, 3.63) is 83.2 Å². The Morgan fingerprint density at radius 2 is 0.857 bits per heavy atom. The average molecular weight is 737 g/mol. The minimum absolute atomic E-state index is 0.0108. The molecule has 0 amide bonds. The van der Waals surface area contributed by atoms with Crippen LogP contribution in [0.2, 0.25) is 36.3 Å². The van der Waals surface area contributed by atoms with Gasteiger partial charge in [0.15, 0.2) is 16.6 Å². The van der Waals surface area contributed by atoms with Crippen molar-refractivity contribution in [2.24, 2.45) is 10.8 Å². The maximum Gasteiger partial charge on any atom is 0.264 e. The maximum atomic E-state index is 7.57. The summed E-state index contributed by atoms with van der Waals surface area (Å²) in [6.45, 7) is 41.5. The van der Waals surface area contributed by atoms with E-state index in [0.29, 0.717) is 0 Å². The van der Waals surface area contributed by atoms with Crippen molar-refractivity contribution in [2.45, 2.75) is 158 Å². The van der Waals surface area contributed by atoms with E-state index < -0.39 is 34.7 Å². The fraction of sp³-hybridized carbons (Fsp3) is 0.619. The Bertz CT molecular complexity index is 1280. The number of hydrogen-bond donors (Lipinski definition) is 0. The van der Waals surface area contributed by atoms with Crippen LogP contribution in [-0.2, 0) is 25.8 Å². The van der Waals surface area contributed by atoms with Crippen LogP contribution < -0.4 is 10.4 Å². The molecule has 2 aromatic carbocycles. The van der Waals surface area contributed by atoms with Gasteiger partial charge in [-0.2, -0.15) is 0 Å². The zero-order valence-corrected chi connectivity index (χ0v) is 38.7. The first-order valence-corrected chi connectivity index (χ1v) is 27.2. The molecule has 0 spiro atoms. The molecular weight excluding hydrogens is 665 g/mol. The molecule has 2 aromatic rings. The fourth-order valence-electron chi connectivity index (χ4n) is 5.26. The smallest absolute Gasteiger partial charge is 0.264 e. The molecule has 0 aromatic heterocycles. The summed E-state index contributed by atoms with van der Waals surface area (Å²) in [5.41, 5.74) is 7.85. The van der Waals surface area contributed by atoms with Gasteiger partial charge >= 0.3 is 0 Å². The van der Waals surface area contributed by atoms with E-state index in [2.05, 4.69) is 195 Å². The standard InChI is InChI=1S/C42H72O3Si4/c1-33(43-48(15,16)41(9,10)11)27-29-46(37-25-21-19-23-35(37)31-39(3,4)5)45-47(30-28-34(2)44-49(17,18)42(12,13)14)38-26-22-20-24-36(38)32-40(6,7)8/h19-30,33-34H,31-32H2,1-18H3. The number of hydrogen-bond acceptors (Lipinski definition) is 3. The summed E-state index contributed by atoms with van der Waals surface area (Å²) in [4.78, 5) is 0. The highest BCUT2D eigenvalue weighted by molar-refractivity contribution is 6.85. The van der Waals surface area contributed by atoms with E-state index in [1.807, 2.05) is 0 Å². The summed E-state index contributed by atoms with van der Waals surface area (Å²) in [5, 5.41) is 2.99. The molecule has 0 aliphatic heterocycles. The highest BCUT2D eigenvalue weighted by Gasteiger charge is 2.39. The number of benzene rings is 2. The summed E-state index contributed by atoms with van der Waals surface area (Å²) < 4.78 is 21.2. The lowest BCUT2D eigenvalue weighted by Gasteiger charge is -2.38. The molecule has 49 heavy (non-hydrogen) atoms. The average Bonchev–Trinajstić information content (AvgIpc) is 2.90. The first-order valence-electron chi connectivity index (χ1n) is 18.4.